The number of carbonyl (C=O) groups excluding carboxylic acids is 1. The van der Waals surface area contributed by atoms with E-state index in [0.717, 1.165) is 42.3 Å². The Labute approximate surface area is 261 Å². The number of carbonyl (C=O) groups is 2. The van der Waals surface area contributed by atoms with Crippen LogP contribution in [-0.4, -0.2) is 90.1 Å². The summed E-state index contributed by atoms with van der Waals surface area (Å²) in [7, 11) is 1.91. The molecule has 13 heteroatoms. The molecule has 0 bridgehead atoms. The predicted octanol–water partition coefficient (Wildman–Crippen LogP) is 2.87. The van der Waals surface area contributed by atoms with E-state index in [0.29, 0.717) is 56.3 Å². The van der Waals surface area contributed by atoms with Gasteiger partial charge in [-0.1, -0.05) is 6.07 Å². The lowest BCUT2D eigenvalue weighted by Gasteiger charge is -2.18. The highest BCUT2D eigenvalue weighted by molar-refractivity contribution is 6.16. The predicted molar refractivity (Wildman–Crippen MR) is 167 cm³/mol. The summed E-state index contributed by atoms with van der Waals surface area (Å²) in [5.41, 5.74) is 2.28. The van der Waals surface area contributed by atoms with Crippen LogP contribution in [0, 0.1) is 5.82 Å². The molecule has 12 nitrogen and oxygen atoms in total. The van der Waals surface area contributed by atoms with Crippen molar-refractivity contribution in [2.24, 2.45) is 0 Å². The molecule has 0 unspecified atom stereocenters. The number of aliphatic carboxylic acids is 1. The maximum Gasteiger partial charge on any atom is 0.345 e. The van der Waals surface area contributed by atoms with Gasteiger partial charge in [-0.05, 0) is 68.1 Å². The van der Waals surface area contributed by atoms with E-state index in [1.807, 2.05) is 18.0 Å². The van der Waals surface area contributed by atoms with Crippen LogP contribution < -0.4 is 20.0 Å². The molecule has 1 aliphatic heterocycles. The molecule has 1 amide bonds. The van der Waals surface area contributed by atoms with Gasteiger partial charge in [-0.3, -0.25) is 4.79 Å². The third kappa shape index (κ3) is 10.7. The van der Waals surface area contributed by atoms with Crippen LogP contribution >= 0.6 is 0 Å². The average molecular weight is 622 g/mol. The van der Waals surface area contributed by atoms with E-state index in [-0.39, 0.29) is 19.1 Å². The largest absolute Gasteiger partial charge is 0.494 e. The number of benzene rings is 2. The highest BCUT2D eigenvalue weighted by atomic mass is 19.1. The Morgan fingerprint density at radius 3 is 2.60 bits per heavy atom. The molecule has 0 fully saturated rings. The van der Waals surface area contributed by atoms with Gasteiger partial charge in [-0.25, -0.2) is 28.7 Å². The second-order valence-electron chi connectivity index (χ2n) is 10.2. The Morgan fingerprint density at radius 1 is 0.978 bits per heavy atom. The summed E-state index contributed by atoms with van der Waals surface area (Å²) in [5.74, 6) is 0.407. The van der Waals surface area contributed by atoms with Crippen LogP contribution in [0.4, 0.5) is 10.1 Å². The summed E-state index contributed by atoms with van der Waals surface area (Å²) in [5, 5.41) is 14.6. The monoisotopic (exact) mass is 621 g/mol. The lowest BCUT2D eigenvalue weighted by Crippen LogP contribution is -2.49. The standard InChI is InChI=1S/C32H37FN6O6/c1-39-29(38-31(39)28-11-12-34-22-37-28)20-35-25-8-5-7-23(17-25)32(42)36-19-24-18-26(9-10-27(24)33)45-16-4-2-3-13-43-14-6-15-44-21-30(40)41/h5,7-12,17-18,22,35H,2-4,6,13-16,19-21H2,1H3,(H-,36,40,41,42)/p+1. The van der Waals surface area contributed by atoms with Crippen LogP contribution in [0.1, 0.15) is 47.3 Å². The van der Waals surface area contributed by atoms with Crippen molar-refractivity contribution in [1.82, 2.24) is 24.9 Å². The summed E-state index contributed by atoms with van der Waals surface area (Å²) in [6, 6.07) is 13.4. The van der Waals surface area contributed by atoms with Gasteiger partial charge in [-0.2, -0.15) is 0 Å². The Balaban J connectivity index is 1.15. The van der Waals surface area contributed by atoms with Gasteiger partial charge in [0.1, 0.15) is 31.0 Å². The molecule has 3 N–H and O–H groups in total. The SMILES string of the molecule is CN1C(CNc2cccc(C(=O)NCc3cc(OCCCCCOCCCOCC(=O)O)ccc3F)c2)=[N+]=C1c1ccncn1. The highest BCUT2D eigenvalue weighted by Gasteiger charge is 2.32. The Hall–Kier alpha value is -4.84. The first kappa shape index (κ1) is 33.1. The second-order valence-corrected chi connectivity index (χ2v) is 10.2. The van der Waals surface area contributed by atoms with Gasteiger partial charge in [0.15, 0.2) is 5.69 Å². The molecule has 2 heterocycles. The maximum absolute atomic E-state index is 14.5. The number of ether oxygens (including phenoxy) is 3. The van der Waals surface area contributed by atoms with Crippen molar-refractivity contribution in [3.05, 3.63) is 83.7 Å². The molecule has 2 aromatic carbocycles. The van der Waals surface area contributed by atoms with Crippen LogP contribution in [0.15, 0.2) is 61.1 Å². The number of carboxylic acid groups (broad SMARTS) is 1. The van der Waals surface area contributed by atoms with Crippen LogP contribution in [0.3, 0.4) is 0 Å². The van der Waals surface area contributed by atoms with Crippen molar-refractivity contribution in [3.8, 4) is 5.75 Å². The van der Waals surface area contributed by atoms with Gasteiger partial charge >= 0.3 is 17.6 Å². The summed E-state index contributed by atoms with van der Waals surface area (Å²) < 4.78 is 35.3. The number of amides is 1. The fourth-order valence-corrected chi connectivity index (χ4v) is 4.36. The molecule has 0 spiro atoms. The fourth-order valence-electron chi connectivity index (χ4n) is 4.36. The quantitative estimate of drug-likeness (QED) is 0.127. The zero-order valence-corrected chi connectivity index (χ0v) is 25.2. The Bertz CT molecular complexity index is 1500. The lowest BCUT2D eigenvalue weighted by molar-refractivity contribution is -0.142. The molecule has 3 aromatic rings. The van der Waals surface area contributed by atoms with Crippen molar-refractivity contribution >= 4 is 29.2 Å². The smallest absolute Gasteiger partial charge is 0.345 e. The molecule has 1 aliphatic rings. The summed E-state index contributed by atoms with van der Waals surface area (Å²) in [6.45, 7) is 2.15. The third-order valence-corrected chi connectivity index (χ3v) is 6.79. The van der Waals surface area contributed by atoms with Crippen molar-refractivity contribution < 1.29 is 33.3 Å². The molecule has 1 aromatic heterocycles. The van der Waals surface area contributed by atoms with E-state index in [9.17, 15) is 14.0 Å². The molecular formula is C32H38FN6O6+. The van der Waals surface area contributed by atoms with Gasteiger partial charge in [0.2, 0.25) is 0 Å². The van der Waals surface area contributed by atoms with Crippen LogP contribution in [0.2, 0.25) is 0 Å². The minimum absolute atomic E-state index is 0.0153. The number of nitrogens with zero attached hydrogens (tertiary/aromatic N) is 4. The number of aromatic nitrogens is 2. The number of anilines is 1. The van der Waals surface area contributed by atoms with E-state index >= 15 is 0 Å². The fraction of sp³-hybridized carbons (Fsp3) is 0.375. The molecule has 0 saturated heterocycles. The molecular weight excluding hydrogens is 583 g/mol. The zero-order chi connectivity index (χ0) is 31.9. The first-order valence-corrected chi connectivity index (χ1v) is 14.8. The molecule has 238 valence electrons. The first-order valence-electron chi connectivity index (χ1n) is 14.8. The van der Waals surface area contributed by atoms with Gasteiger partial charge in [-0.15, -0.1) is 0 Å². The Kier molecular flexibility index (Phi) is 12.8. The van der Waals surface area contributed by atoms with E-state index in [4.69, 9.17) is 19.3 Å². The summed E-state index contributed by atoms with van der Waals surface area (Å²) in [4.78, 5) is 33.3. The Morgan fingerprint density at radius 2 is 1.80 bits per heavy atom. The summed E-state index contributed by atoms with van der Waals surface area (Å²) in [6.07, 6.45) is 6.38. The number of carboxylic acids is 1. The molecule has 45 heavy (non-hydrogen) atoms. The number of unbranched alkanes of at least 4 members (excludes halogenated alkanes) is 2. The van der Waals surface area contributed by atoms with Crippen molar-refractivity contribution in [2.75, 3.05) is 51.9 Å². The van der Waals surface area contributed by atoms with Crippen molar-refractivity contribution in [3.63, 3.8) is 0 Å². The van der Waals surface area contributed by atoms with Gasteiger partial charge in [0.05, 0.1) is 13.7 Å². The van der Waals surface area contributed by atoms with E-state index < -0.39 is 11.8 Å². The highest BCUT2D eigenvalue weighted by Crippen LogP contribution is 2.18. The lowest BCUT2D eigenvalue weighted by atomic mass is 10.1. The van der Waals surface area contributed by atoms with E-state index in [2.05, 4.69) is 25.3 Å². The van der Waals surface area contributed by atoms with Gasteiger partial charge in [0, 0.05) is 49.4 Å². The number of likely N-dealkylation sites (N-methyl/N-ethyl adjacent to an activating group) is 1. The maximum atomic E-state index is 14.5. The third-order valence-electron chi connectivity index (χ3n) is 6.79. The molecule has 0 aliphatic carbocycles. The second kappa shape index (κ2) is 17.5. The molecule has 0 atom stereocenters. The normalized spacial score (nSPS) is 12.2. The number of hydrogen-bond acceptors (Lipinski definition) is 9. The number of rotatable bonds is 20. The van der Waals surface area contributed by atoms with Crippen molar-refractivity contribution in [2.45, 2.75) is 32.2 Å². The molecule has 4 rings (SSSR count). The minimum Gasteiger partial charge on any atom is -0.494 e. The van der Waals surface area contributed by atoms with E-state index in [1.165, 1.54) is 12.4 Å². The number of nitrogens with one attached hydrogen (secondary N) is 2. The topological polar surface area (TPSA) is 149 Å². The summed E-state index contributed by atoms with van der Waals surface area (Å²) >= 11 is 0. The van der Waals surface area contributed by atoms with Gasteiger partial charge in [0.25, 0.3) is 5.91 Å². The zero-order valence-electron chi connectivity index (χ0n) is 25.2. The van der Waals surface area contributed by atoms with Gasteiger partial charge < -0.3 is 30.0 Å². The van der Waals surface area contributed by atoms with Crippen LogP contribution in [0.25, 0.3) is 0 Å². The number of hydrogen-bond donors (Lipinski definition) is 3. The van der Waals surface area contributed by atoms with Crippen LogP contribution in [0.5, 0.6) is 5.75 Å². The number of halogens is 1. The first-order chi connectivity index (χ1) is 21.9. The van der Waals surface area contributed by atoms with Crippen LogP contribution in [-0.2, 0) is 20.8 Å². The average Bonchev–Trinajstić information content (AvgIpc) is 3.05. The van der Waals surface area contributed by atoms with E-state index in [1.54, 1.807) is 42.6 Å². The van der Waals surface area contributed by atoms with Crippen molar-refractivity contribution in [1.29, 1.82) is 0 Å². The molecule has 0 radical (unpaired) electrons. The number of amidine groups is 2. The molecule has 0 saturated carbocycles. The minimum atomic E-state index is -0.980.